The number of benzene rings is 3. The molecule has 190 valence electrons. The smallest absolute Gasteiger partial charge is 0.353 e. The van der Waals surface area contributed by atoms with Crippen molar-refractivity contribution in [2.24, 2.45) is 11.3 Å². The van der Waals surface area contributed by atoms with Crippen LogP contribution in [0.2, 0.25) is 0 Å². The maximum atomic E-state index is 14.2. The second-order valence-corrected chi connectivity index (χ2v) is 9.20. The number of hydrogen-bond acceptors (Lipinski definition) is 4. The van der Waals surface area contributed by atoms with Crippen molar-refractivity contribution in [1.82, 2.24) is 0 Å². The fourth-order valence-corrected chi connectivity index (χ4v) is 4.37. The molecule has 0 aromatic heterocycles. The zero-order chi connectivity index (χ0) is 27.1. The van der Waals surface area contributed by atoms with E-state index in [9.17, 15) is 31.5 Å². The molecule has 1 saturated heterocycles. The van der Waals surface area contributed by atoms with Crippen LogP contribution in [0.1, 0.15) is 30.5 Å². The van der Waals surface area contributed by atoms with Crippen LogP contribution in [0.3, 0.4) is 0 Å². The van der Waals surface area contributed by atoms with Crippen LogP contribution in [0.15, 0.2) is 60.7 Å². The Bertz CT molecular complexity index is 1440. The number of para-hydroxylation sites is 1. The summed E-state index contributed by atoms with van der Waals surface area (Å²) in [5.41, 5.74) is -2.47. The van der Waals surface area contributed by atoms with E-state index in [2.05, 4.69) is 5.32 Å². The van der Waals surface area contributed by atoms with Crippen molar-refractivity contribution in [3.8, 4) is 6.07 Å². The summed E-state index contributed by atoms with van der Waals surface area (Å²) in [4.78, 5) is 27.4. The highest BCUT2D eigenvalue weighted by Crippen LogP contribution is 2.44. The molecule has 10 heteroatoms. The summed E-state index contributed by atoms with van der Waals surface area (Å²) in [6.45, 7) is 3.06. The van der Waals surface area contributed by atoms with E-state index in [-0.39, 0.29) is 17.8 Å². The first kappa shape index (κ1) is 25.8. The lowest BCUT2D eigenvalue weighted by molar-refractivity contribution is -0.138. The molecule has 1 unspecified atom stereocenters. The standard InChI is InChI=1S/C27H20F5N3O2/c1-26(2)20(11-15-5-3-4-6-22(15)34-23-10-8-17(28)12-21(23)29)24(36)35(25(26)37)18-9-7-16(14-33)19(13-18)27(30,31)32/h3-10,12-13,20,34H,11H2,1-2H3. The first-order chi connectivity index (χ1) is 17.3. The monoisotopic (exact) mass is 513 g/mol. The van der Waals surface area contributed by atoms with Gasteiger partial charge in [0.15, 0.2) is 0 Å². The van der Waals surface area contributed by atoms with Crippen molar-refractivity contribution in [2.75, 3.05) is 10.2 Å². The van der Waals surface area contributed by atoms with Gasteiger partial charge in [0.25, 0.3) is 0 Å². The number of alkyl halides is 3. The molecule has 1 heterocycles. The summed E-state index contributed by atoms with van der Waals surface area (Å²) >= 11 is 0. The molecule has 37 heavy (non-hydrogen) atoms. The zero-order valence-corrected chi connectivity index (χ0v) is 19.7. The molecule has 0 saturated carbocycles. The van der Waals surface area contributed by atoms with Gasteiger partial charge >= 0.3 is 6.18 Å². The van der Waals surface area contributed by atoms with Crippen LogP contribution in [-0.2, 0) is 22.2 Å². The number of hydrogen-bond donors (Lipinski definition) is 1. The lowest BCUT2D eigenvalue weighted by atomic mass is 9.77. The van der Waals surface area contributed by atoms with Gasteiger partial charge in [0.1, 0.15) is 11.6 Å². The quantitative estimate of drug-likeness (QED) is 0.319. The second kappa shape index (κ2) is 9.32. The molecule has 0 radical (unpaired) electrons. The molecule has 4 rings (SSSR count). The van der Waals surface area contributed by atoms with E-state index in [4.69, 9.17) is 5.26 Å². The van der Waals surface area contributed by atoms with Gasteiger partial charge < -0.3 is 5.32 Å². The highest BCUT2D eigenvalue weighted by Gasteiger charge is 2.54. The van der Waals surface area contributed by atoms with Gasteiger partial charge in [-0.1, -0.05) is 32.0 Å². The van der Waals surface area contributed by atoms with Crippen LogP contribution >= 0.6 is 0 Å². The molecule has 2 amide bonds. The van der Waals surface area contributed by atoms with Crippen molar-refractivity contribution in [1.29, 1.82) is 5.26 Å². The van der Waals surface area contributed by atoms with Crippen LogP contribution in [0.25, 0.3) is 0 Å². The van der Waals surface area contributed by atoms with Crippen LogP contribution < -0.4 is 10.2 Å². The highest BCUT2D eigenvalue weighted by molar-refractivity contribution is 6.23. The minimum Gasteiger partial charge on any atom is -0.353 e. The van der Waals surface area contributed by atoms with Crippen molar-refractivity contribution in [3.05, 3.63) is 89.0 Å². The Hall–Kier alpha value is -4.26. The average Bonchev–Trinajstić information content (AvgIpc) is 3.00. The Labute approximate surface area is 209 Å². The fourth-order valence-electron chi connectivity index (χ4n) is 4.37. The SMILES string of the molecule is CC1(C)C(=O)N(c2ccc(C#N)c(C(F)(F)F)c2)C(=O)C1Cc1ccccc1Nc1ccc(F)cc1F. The van der Waals surface area contributed by atoms with E-state index in [1.54, 1.807) is 24.3 Å². The van der Waals surface area contributed by atoms with E-state index in [1.165, 1.54) is 26.0 Å². The molecular formula is C27H20F5N3O2. The number of carbonyl (C=O) groups is 2. The second-order valence-electron chi connectivity index (χ2n) is 9.20. The number of nitriles is 1. The van der Waals surface area contributed by atoms with Crippen molar-refractivity contribution < 1.29 is 31.5 Å². The molecule has 1 fully saturated rings. The van der Waals surface area contributed by atoms with E-state index < -0.39 is 52.1 Å². The van der Waals surface area contributed by atoms with Gasteiger partial charge in [0.05, 0.1) is 39.9 Å². The maximum absolute atomic E-state index is 14.2. The van der Waals surface area contributed by atoms with E-state index in [0.29, 0.717) is 17.3 Å². The molecule has 1 aliphatic heterocycles. The van der Waals surface area contributed by atoms with Crippen LogP contribution in [0, 0.1) is 34.3 Å². The Morgan fingerprint density at radius 2 is 1.70 bits per heavy atom. The zero-order valence-electron chi connectivity index (χ0n) is 19.7. The number of nitrogens with one attached hydrogen (secondary N) is 1. The summed E-state index contributed by atoms with van der Waals surface area (Å²) in [6.07, 6.45) is -4.84. The largest absolute Gasteiger partial charge is 0.417 e. The minimum atomic E-state index is -4.86. The van der Waals surface area contributed by atoms with E-state index in [1.807, 2.05) is 0 Å². The first-order valence-electron chi connectivity index (χ1n) is 11.1. The van der Waals surface area contributed by atoms with Gasteiger partial charge in [-0.3, -0.25) is 9.59 Å². The topological polar surface area (TPSA) is 73.2 Å². The summed E-state index contributed by atoms with van der Waals surface area (Å²) < 4.78 is 68.0. The lowest BCUT2D eigenvalue weighted by Crippen LogP contribution is -2.33. The summed E-state index contributed by atoms with van der Waals surface area (Å²) in [6, 6.07) is 13.8. The third-order valence-corrected chi connectivity index (χ3v) is 6.47. The number of carbonyl (C=O) groups excluding carboxylic acids is 2. The Kier molecular flexibility index (Phi) is 6.50. The van der Waals surface area contributed by atoms with Crippen LogP contribution in [0.4, 0.5) is 39.0 Å². The van der Waals surface area contributed by atoms with Gasteiger partial charge in [-0.25, -0.2) is 13.7 Å². The molecule has 3 aromatic rings. The minimum absolute atomic E-state index is 0.000763. The molecule has 0 aliphatic carbocycles. The summed E-state index contributed by atoms with van der Waals surface area (Å²) in [7, 11) is 0. The van der Waals surface area contributed by atoms with Gasteiger partial charge in [-0.05, 0) is 48.4 Å². The molecule has 0 spiro atoms. The van der Waals surface area contributed by atoms with Gasteiger partial charge in [0.2, 0.25) is 11.8 Å². The molecule has 1 atom stereocenters. The van der Waals surface area contributed by atoms with E-state index in [0.717, 1.165) is 29.2 Å². The fraction of sp³-hybridized carbons (Fsp3) is 0.222. The van der Waals surface area contributed by atoms with Crippen molar-refractivity contribution in [3.63, 3.8) is 0 Å². The summed E-state index contributed by atoms with van der Waals surface area (Å²) in [5.74, 6) is -3.91. The molecule has 1 N–H and O–H groups in total. The normalized spacial score (nSPS) is 17.1. The molecule has 1 aliphatic rings. The molecule has 3 aromatic carbocycles. The Morgan fingerprint density at radius 1 is 1.00 bits per heavy atom. The average molecular weight is 513 g/mol. The van der Waals surface area contributed by atoms with Gasteiger partial charge in [-0.15, -0.1) is 0 Å². The lowest BCUT2D eigenvalue weighted by Gasteiger charge is -2.23. The number of imide groups is 1. The highest BCUT2D eigenvalue weighted by atomic mass is 19.4. The maximum Gasteiger partial charge on any atom is 0.417 e. The summed E-state index contributed by atoms with van der Waals surface area (Å²) in [5, 5.41) is 11.9. The Balaban J connectivity index is 1.68. The van der Waals surface area contributed by atoms with Gasteiger partial charge in [0, 0.05) is 11.8 Å². The first-order valence-corrected chi connectivity index (χ1v) is 11.1. The van der Waals surface area contributed by atoms with Crippen molar-refractivity contribution >= 4 is 28.9 Å². The van der Waals surface area contributed by atoms with Gasteiger partial charge in [-0.2, -0.15) is 18.4 Å². The third-order valence-electron chi connectivity index (χ3n) is 6.47. The van der Waals surface area contributed by atoms with E-state index >= 15 is 0 Å². The molecular weight excluding hydrogens is 493 g/mol. The number of amides is 2. The van der Waals surface area contributed by atoms with Crippen LogP contribution in [-0.4, -0.2) is 11.8 Å². The van der Waals surface area contributed by atoms with Crippen molar-refractivity contribution in [2.45, 2.75) is 26.4 Å². The van der Waals surface area contributed by atoms with Crippen LogP contribution in [0.5, 0.6) is 0 Å². The predicted octanol–water partition coefficient (Wildman–Crippen LogP) is 6.36. The Morgan fingerprint density at radius 3 is 2.35 bits per heavy atom. The molecule has 0 bridgehead atoms. The third kappa shape index (κ3) is 4.77. The number of anilines is 3. The molecule has 5 nitrogen and oxygen atoms in total. The number of nitrogens with zero attached hydrogens (tertiary/aromatic N) is 2. The number of rotatable bonds is 5. The number of halogens is 5. The predicted molar refractivity (Wildman–Crippen MR) is 126 cm³/mol.